The van der Waals surface area contributed by atoms with Gasteiger partial charge in [-0.15, -0.1) is 0 Å². The van der Waals surface area contributed by atoms with Crippen LogP contribution >= 0.6 is 15.6 Å². The smallest absolute Gasteiger partial charge is 0.462 e. The first-order valence-corrected chi connectivity index (χ1v) is 44.2. The lowest BCUT2D eigenvalue weighted by molar-refractivity contribution is -0.161. The Morgan fingerprint density at radius 2 is 0.490 bits per heavy atom. The van der Waals surface area contributed by atoms with Gasteiger partial charge in [-0.1, -0.05) is 369 Å². The predicted molar refractivity (Wildman–Crippen MR) is 400 cm³/mol. The maximum absolute atomic E-state index is 13.1. The van der Waals surface area contributed by atoms with Crippen molar-refractivity contribution in [3.05, 3.63) is 0 Å². The maximum Gasteiger partial charge on any atom is 0.472 e. The molecule has 0 aromatic rings. The molecule has 0 fully saturated rings. The van der Waals surface area contributed by atoms with Crippen LogP contribution in [0.1, 0.15) is 420 Å². The molecule has 0 aliphatic heterocycles. The number of aliphatic hydroxyl groups is 1. The zero-order valence-electron chi connectivity index (χ0n) is 63.9. The van der Waals surface area contributed by atoms with Crippen LogP contribution < -0.4 is 0 Å². The third-order valence-electron chi connectivity index (χ3n) is 18.9. The Morgan fingerprint density at radius 1 is 0.286 bits per heavy atom. The molecule has 0 aromatic heterocycles. The number of phosphoric acid groups is 2. The molecule has 0 rings (SSSR count). The molecule has 0 aliphatic carbocycles. The van der Waals surface area contributed by atoms with Crippen LogP contribution in [-0.4, -0.2) is 96.7 Å². The van der Waals surface area contributed by atoms with E-state index in [1.807, 2.05) is 0 Å². The highest BCUT2D eigenvalue weighted by atomic mass is 31.2. The Morgan fingerprint density at radius 3 is 0.724 bits per heavy atom. The third-order valence-corrected chi connectivity index (χ3v) is 20.8. The van der Waals surface area contributed by atoms with Crippen molar-refractivity contribution in [2.45, 2.75) is 438 Å². The molecule has 3 N–H and O–H groups in total. The van der Waals surface area contributed by atoms with Gasteiger partial charge in [0.05, 0.1) is 26.4 Å². The van der Waals surface area contributed by atoms with Gasteiger partial charge >= 0.3 is 39.5 Å². The van der Waals surface area contributed by atoms with Gasteiger partial charge in [0.1, 0.15) is 19.3 Å². The number of carbonyl (C=O) groups excluding carboxylic acids is 4. The predicted octanol–water partition coefficient (Wildman–Crippen LogP) is 23.6. The van der Waals surface area contributed by atoms with Gasteiger partial charge in [-0.05, 0) is 31.6 Å². The van der Waals surface area contributed by atoms with Gasteiger partial charge in [0.15, 0.2) is 12.2 Å². The van der Waals surface area contributed by atoms with E-state index in [1.165, 1.54) is 238 Å². The molecule has 0 saturated carbocycles. The highest BCUT2D eigenvalue weighted by molar-refractivity contribution is 7.47. The molecule has 0 amide bonds. The Balaban J connectivity index is 5.24. The van der Waals surface area contributed by atoms with Gasteiger partial charge < -0.3 is 33.8 Å². The Kier molecular flexibility index (Phi) is 70.6. The fourth-order valence-corrected chi connectivity index (χ4v) is 13.8. The zero-order chi connectivity index (χ0) is 71.9. The summed E-state index contributed by atoms with van der Waals surface area (Å²) in [4.78, 5) is 72.9. The van der Waals surface area contributed by atoms with E-state index in [4.69, 9.17) is 37.0 Å². The molecule has 0 aromatic carbocycles. The van der Waals surface area contributed by atoms with Crippen LogP contribution in [-0.2, 0) is 65.4 Å². The van der Waals surface area contributed by atoms with Crippen molar-refractivity contribution >= 4 is 39.5 Å². The van der Waals surface area contributed by atoms with E-state index in [1.54, 1.807) is 0 Å². The summed E-state index contributed by atoms with van der Waals surface area (Å²) in [6.45, 7) is 7.29. The van der Waals surface area contributed by atoms with Gasteiger partial charge in [0, 0.05) is 25.7 Å². The number of hydrogen-bond acceptors (Lipinski definition) is 15. The van der Waals surface area contributed by atoms with Gasteiger partial charge in [0.25, 0.3) is 0 Å². The van der Waals surface area contributed by atoms with Crippen molar-refractivity contribution in [1.29, 1.82) is 0 Å². The summed E-state index contributed by atoms with van der Waals surface area (Å²) in [7, 11) is -9.92. The van der Waals surface area contributed by atoms with Gasteiger partial charge in [-0.2, -0.15) is 0 Å². The van der Waals surface area contributed by atoms with Crippen LogP contribution in [0, 0.1) is 5.92 Å². The number of aliphatic hydroxyl groups excluding tert-OH is 1. The Labute approximate surface area is 600 Å². The average Bonchev–Trinajstić information content (AvgIpc) is 1.04. The molecule has 19 heteroatoms. The van der Waals surface area contributed by atoms with Gasteiger partial charge in [-0.25, -0.2) is 9.13 Å². The lowest BCUT2D eigenvalue weighted by Gasteiger charge is -2.21. The summed E-state index contributed by atoms with van der Waals surface area (Å²) in [5, 5.41) is 10.6. The number of carbonyl (C=O) groups is 4. The molecule has 0 heterocycles. The van der Waals surface area contributed by atoms with Crippen LogP contribution in [0.2, 0.25) is 0 Å². The summed E-state index contributed by atoms with van der Waals surface area (Å²) in [6, 6.07) is 0. The van der Waals surface area contributed by atoms with Crippen molar-refractivity contribution in [3.63, 3.8) is 0 Å². The third kappa shape index (κ3) is 71.1. The van der Waals surface area contributed by atoms with Crippen LogP contribution in [0.3, 0.4) is 0 Å². The van der Waals surface area contributed by atoms with Crippen molar-refractivity contribution in [1.82, 2.24) is 0 Å². The molecular weight excluding hydrogens is 1280 g/mol. The molecule has 0 bridgehead atoms. The summed E-state index contributed by atoms with van der Waals surface area (Å²) in [5.41, 5.74) is 0. The van der Waals surface area contributed by atoms with E-state index in [9.17, 15) is 43.2 Å². The van der Waals surface area contributed by atoms with Crippen molar-refractivity contribution in [2.24, 2.45) is 5.92 Å². The summed E-state index contributed by atoms with van der Waals surface area (Å²) in [5.74, 6) is -1.38. The SMILES string of the molecule is CCCCCCCCCCCCCCCCCCCCC(=O)O[C@H](COC(=O)CCCCCCCCCCCCCCCCCC)COP(=O)(O)OC[C@@H](O)COP(=O)(O)OC[C@@H](COC(=O)CCCCCCCCC(C)CC)OC(=O)CCCCCCCCCCCCCCCC. The minimum absolute atomic E-state index is 0.107. The minimum Gasteiger partial charge on any atom is -0.462 e. The topological polar surface area (TPSA) is 237 Å². The second kappa shape index (κ2) is 72.0. The largest absolute Gasteiger partial charge is 0.472 e. The fraction of sp³-hybridized carbons (Fsp3) is 0.949. The quantitative estimate of drug-likeness (QED) is 0.0222. The number of unbranched alkanes of at least 4 members (excludes halogenated alkanes) is 50. The zero-order valence-corrected chi connectivity index (χ0v) is 65.7. The second-order valence-electron chi connectivity index (χ2n) is 28.7. The standard InChI is InChI=1S/C79H154O17P2/c1-6-10-13-16-19-22-25-28-31-33-34-36-39-42-45-48-55-60-65-78(83)95-74(68-89-76(81)62-57-52-46-43-40-38-35-32-29-26-23-20-17-14-11-7-2)70-93-97(85,86)91-66-73(80)67-92-98(87,88)94-71-75(69-90-77(82)63-58-53-50-49-51-56-61-72(5)9-4)96-79(84)64-59-54-47-44-41-37-30-27-24-21-18-15-12-8-3/h72-75,80H,6-71H2,1-5H3,(H,85,86)(H,87,88)/t72?,73-,74-,75-/m1/s1. The Bertz CT molecular complexity index is 1880. The van der Waals surface area contributed by atoms with E-state index >= 15 is 0 Å². The maximum atomic E-state index is 13.1. The Hall–Kier alpha value is -1.94. The molecule has 0 radical (unpaired) electrons. The second-order valence-corrected chi connectivity index (χ2v) is 31.6. The number of esters is 4. The van der Waals surface area contributed by atoms with Crippen LogP contribution in [0.15, 0.2) is 0 Å². The highest BCUT2D eigenvalue weighted by Crippen LogP contribution is 2.45. The van der Waals surface area contributed by atoms with E-state index < -0.39 is 97.5 Å². The van der Waals surface area contributed by atoms with E-state index in [2.05, 4.69) is 34.6 Å². The molecule has 0 spiro atoms. The first-order chi connectivity index (χ1) is 47.6. The molecule has 0 aliphatic rings. The molecule has 6 atom stereocenters. The van der Waals surface area contributed by atoms with Crippen molar-refractivity contribution in [2.75, 3.05) is 39.6 Å². The van der Waals surface area contributed by atoms with E-state index in [0.717, 1.165) is 102 Å². The monoisotopic (exact) mass is 1440 g/mol. The van der Waals surface area contributed by atoms with Crippen LogP contribution in [0.25, 0.3) is 0 Å². The van der Waals surface area contributed by atoms with E-state index in [0.29, 0.717) is 25.7 Å². The number of ether oxygens (including phenoxy) is 4. The molecule has 17 nitrogen and oxygen atoms in total. The lowest BCUT2D eigenvalue weighted by Crippen LogP contribution is -2.30. The normalized spacial score (nSPS) is 14.2. The first kappa shape index (κ1) is 96.1. The van der Waals surface area contributed by atoms with Crippen molar-refractivity contribution < 1.29 is 80.2 Å². The fourth-order valence-electron chi connectivity index (χ4n) is 12.2. The number of phosphoric ester groups is 2. The van der Waals surface area contributed by atoms with Gasteiger partial charge in [0.2, 0.25) is 0 Å². The molecule has 582 valence electrons. The summed E-state index contributed by atoms with van der Waals surface area (Å²) in [6.07, 6.45) is 62.4. The summed E-state index contributed by atoms with van der Waals surface area (Å²) >= 11 is 0. The lowest BCUT2D eigenvalue weighted by atomic mass is 10.00. The molecular formula is C79H154O17P2. The highest BCUT2D eigenvalue weighted by Gasteiger charge is 2.30. The molecule has 98 heavy (non-hydrogen) atoms. The number of rotatable bonds is 79. The average molecular weight is 1440 g/mol. The van der Waals surface area contributed by atoms with Crippen LogP contribution in [0.5, 0.6) is 0 Å². The van der Waals surface area contributed by atoms with Gasteiger partial charge in [-0.3, -0.25) is 37.3 Å². The minimum atomic E-state index is -4.96. The molecule has 3 unspecified atom stereocenters. The molecule has 0 saturated heterocycles. The van der Waals surface area contributed by atoms with Crippen molar-refractivity contribution in [3.8, 4) is 0 Å². The first-order valence-electron chi connectivity index (χ1n) is 41.2. The van der Waals surface area contributed by atoms with Crippen LogP contribution in [0.4, 0.5) is 0 Å². The number of hydrogen-bond donors (Lipinski definition) is 3. The van der Waals surface area contributed by atoms with E-state index in [-0.39, 0.29) is 25.7 Å². The summed E-state index contributed by atoms with van der Waals surface area (Å²) < 4.78 is 68.7.